The predicted octanol–water partition coefficient (Wildman–Crippen LogP) is 5.13. The van der Waals surface area contributed by atoms with Gasteiger partial charge in [-0.05, 0) is 72.2 Å². The molecule has 0 aliphatic heterocycles. The van der Waals surface area contributed by atoms with Gasteiger partial charge in [-0.25, -0.2) is 0 Å². The van der Waals surface area contributed by atoms with Crippen molar-refractivity contribution in [3.63, 3.8) is 0 Å². The second kappa shape index (κ2) is 26.4. The zero-order chi connectivity index (χ0) is 43.0. The van der Waals surface area contributed by atoms with Crippen LogP contribution in [0.25, 0.3) is 0 Å². The molecule has 322 valence electrons. The summed E-state index contributed by atoms with van der Waals surface area (Å²) in [6.07, 6.45) is 11.6. The molecule has 4 atom stereocenters. The number of nitrogens with two attached hydrogens (primary N) is 2. The van der Waals surface area contributed by atoms with Crippen LogP contribution in [0.4, 0.5) is 0 Å². The summed E-state index contributed by atoms with van der Waals surface area (Å²) in [6.45, 7) is 1.03. The molecule has 0 unspecified atom stereocenters. The van der Waals surface area contributed by atoms with E-state index in [2.05, 4.69) is 21.3 Å². The molecule has 0 fully saturated rings. The van der Waals surface area contributed by atoms with E-state index in [1.54, 1.807) is 48.5 Å². The average molecular weight is 821 g/mol. The van der Waals surface area contributed by atoms with Crippen LogP contribution in [-0.4, -0.2) is 71.1 Å². The number of rotatable bonds is 27. The summed E-state index contributed by atoms with van der Waals surface area (Å²) in [4.78, 5) is 52.4. The zero-order valence-electron chi connectivity index (χ0n) is 34.7. The quantitative estimate of drug-likeness (QED) is 0.0378. The van der Waals surface area contributed by atoms with Gasteiger partial charge in [0.25, 0.3) is 0 Å². The molecule has 12 heteroatoms. The Balaban J connectivity index is 1.07. The van der Waals surface area contributed by atoms with Gasteiger partial charge in [0.15, 0.2) is 0 Å². The van der Waals surface area contributed by atoms with Crippen molar-refractivity contribution in [3.05, 3.63) is 131 Å². The second-order valence-corrected chi connectivity index (χ2v) is 15.6. The van der Waals surface area contributed by atoms with Crippen LogP contribution in [0.1, 0.15) is 86.5 Å². The third-order valence-corrected chi connectivity index (χ3v) is 10.5. The summed E-state index contributed by atoms with van der Waals surface area (Å²) in [7, 11) is 0. The largest absolute Gasteiger partial charge is 0.508 e. The van der Waals surface area contributed by atoms with E-state index in [4.69, 9.17) is 11.5 Å². The highest BCUT2D eigenvalue weighted by molar-refractivity contribution is 5.90. The fourth-order valence-electron chi connectivity index (χ4n) is 6.97. The van der Waals surface area contributed by atoms with Crippen molar-refractivity contribution < 1.29 is 29.4 Å². The summed E-state index contributed by atoms with van der Waals surface area (Å²) in [5, 5.41) is 31.0. The first kappa shape index (κ1) is 47.0. The Kier molecular flexibility index (Phi) is 20.7. The summed E-state index contributed by atoms with van der Waals surface area (Å²) >= 11 is 0. The molecule has 4 aromatic rings. The van der Waals surface area contributed by atoms with Crippen molar-refractivity contribution in [1.82, 2.24) is 21.3 Å². The first-order valence-electron chi connectivity index (χ1n) is 21.4. The molecule has 0 bridgehead atoms. The van der Waals surface area contributed by atoms with E-state index < -0.39 is 24.2 Å². The second-order valence-electron chi connectivity index (χ2n) is 15.6. The molecule has 0 saturated heterocycles. The van der Waals surface area contributed by atoms with Crippen LogP contribution >= 0.6 is 0 Å². The van der Waals surface area contributed by atoms with Crippen LogP contribution in [0.3, 0.4) is 0 Å². The molecule has 12 nitrogen and oxygen atoms in total. The number of hydrogen-bond donors (Lipinski definition) is 8. The van der Waals surface area contributed by atoms with Gasteiger partial charge in [-0.3, -0.25) is 19.2 Å². The average Bonchev–Trinajstić information content (AvgIpc) is 3.25. The minimum Gasteiger partial charge on any atom is -0.508 e. The van der Waals surface area contributed by atoms with E-state index in [1.807, 2.05) is 60.7 Å². The number of unbranched alkanes of at least 4 members (excludes halogenated alkanes) is 9. The lowest BCUT2D eigenvalue weighted by atomic mass is 10.0. The molecule has 10 N–H and O–H groups in total. The van der Waals surface area contributed by atoms with Gasteiger partial charge in [0.1, 0.15) is 23.6 Å². The molecule has 4 amide bonds. The summed E-state index contributed by atoms with van der Waals surface area (Å²) in [5.41, 5.74) is 15.9. The SMILES string of the molecule is N[C@H](Cc1ccccc1)C(=O)N[C@@H](Cc1ccc(O)cc1)C(=O)NCCCCCCCCCCCCNC(=O)[C@H](Cc1ccc(O)cc1)NC(=O)[C@H](N)Cc1ccccc1. The number of amides is 4. The minimum absolute atomic E-state index is 0.131. The molecule has 0 aromatic heterocycles. The smallest absolute Gasteiger partial charge is 0.242 e. The van der Waals surface area contributed by atoms with Crippen molar-refractivity contribution in [2.24, 2.45) is 11.5 Å². The van der Waals surface area contributed by atoms with Gasteiger partial charge in [0.05, 0.1) is 12.1 Å². The van der Waals surface area contributed by atoms with Gasteiger partial charge in [0.2, 0.25) is 23.6 Å². The lowest BCUT2D eigenvalue weighted by molar-refractivity contribution is -0.129. The number of hydrogen-bond acceptors (Lipinski definition) is 8. The molecule has 60 heavy (non-hydrogen) atoms. The third kappa shape index (κ3) is 18.0. The van der Waals surface area contributed by atoms with Crippen molar-refractivity contribution >= 4 is 23.6 Å². The monoisotopic (exact) mass is 820 g/mol. The topological polar surface area (TPSA) is 209 Å². The van der Waals surface area contributed by atoms with Crippen LogP contribution in [0, 0.1) is 0 Å². The Morgan fingerprint density at radius 1 is 0.400 bits per heavy atom. The molecule has 0 radical (unpaired) electrons. The third-order valence-electron chi connectivity index (χ3n) is 10.5. The van der Waals surface area contributed by atoms with E-state index in [0.717, 1.165) is 86.5 Å². The predicted molar refractivity (Wildman–Crippen MR) is 236 cm³/mol. The summed E-state index contributed by atoms with van der Waals surface area (Å²) in [6, 6.07) is 29.0. The minimum atomic E-state index is -0.796. The lowest BCUT2D eigenvalue weighted by Crippen LogP contribution is -2.53. The van der Waals surface area contributed by atoms with E-state index in [9.17, 15) is 29.4 Å². The van der Waals surface area contributed by atoms with Crippen LogP contribution < -0.4 is 32.7 Å². The molecular weight excluding hydrogens is 757 g/mol. The normalized spacial score (nSPS) is 13.0. The highest BCUT2D eigenvalue weighted by atomic mass is 16.3. The van der Waals surface area contributed by atoms with Crippen molar-refractivity contribution in [1.29, 1.82) is 0 Å². The van der Waals surface area contributed by atoms with Gasteiger partial charge < -0.3 is 42.9 Å². The van der Waals surface area contributed by atoms with Gasteiger partial charge in [0, 0.05) is 25.9 Å². The molecule has 0 heterocycles. The Morgan fingerprint density at radius 3 is 1.03 bits per heavy atom. The number of benzene rings is 4. The number of carbonyl (C=O) groups is 4. The lowest BCUT2D eigenvalue weighted by Gasteiger charge is -2.21. The highest BCUT2D eigenvalue weighted by Crippen LogP contribution is 2.15. The van der Waals surface area contributed by atoms with Gasteiger partial charge in [-0.1, -0.05) is 136 Å². The van der Waals surface area contributed by atoms with E-state index >= 15 is 0 Å². The summed E-state index contributed by atoms with van der Waals surface area (Å²) < 4.78 is 0. The van der Waals surface area contributed by atoms with Crippen LogP contribution in [0.5, 0.6) is 11.5 Å². The van der Waals surface area contributed by atoms with E-state index in [0.29, 0.717) is 25.9 Å². The van der Waals surface area contributed by atoms with Crippen LogP contribution in [-0.2, 0) is 44.9 Å². The van der Waals surface area contributed by atoms with Crippen molar-refractivity contribution in [2.45, 2.75) is 114 Å². The van der Waals surface area contributed by atoms with Gasteiger partial charge >= 0.3 is 0 Å². The van der Waals surface area contributed by atoms with E-state index in [-0.39, 0.29) is 48.0 Å². The first-order valence-corrected chi connectivity index (χ1v) is 21.4. The molecular formula is C48H64N6O6. The molecule has 0 spiro atoms. The maximum Gasteiger partial charge on any atom is 0.242 e. The molecule has 0 saturated carbocycles. The molecule has 0 aliphatic carbocycles. The molecule has 4 rings (SSSR count). The van der Waals surface area contributed by atoms with E-state index in [1.165, 1.54) is 0 Å². The Labute approximate surface area is 354 Å². The van der Waals surface area contributed by atoms with Crippen LogP contribution in [0.2, 0.25) is 0 Å². The van der Waals surface area contributed by atoms with Crippen molar-refractivity contribution in [2.75, 3.05) is 13.1 Å². The number of phenolic OH excluding ortho intramolecular Hbond substituents is 2. The number of carbonyl (C=O) groups excluding carboxylic acids is 4. The first-order chi connectivity index (χ1) is 29.1. The number of phenols is 2. The number of aromatic hydroxyl groups is 2. The maximum absolute atomic E-state index is 13.2. The van der Waals surface area contributed by atoms with Gasteiger partial charge in [-0.15, -0.1) is 0 Å². The molecule has 4 aromatic carbocycles. The van der Waals surface area contributed by atoms with Crippen LogP contribution in [0.15, 0.2) is 109 Å². The number of nitrogens with one attached hydrogen (secondary N) is 4. The standard InChI is InChI=1S/C48H64N6O6/c49-41(31-35-17-11-9-12-18-35)45(57)53-43(33-37-21-25-39(55)26-22-37)47(59)51-29-15-7-5-3-1-2-4-6-8-16-30-52-48(60)44(34-38-23-27-40(56)28-24-38)54-46(58)42(50)32-36-19-13-10-14-20-36/h9-14,17-28,41-44,55-56H,1-8,15-16,29-34,49-50H2,(H,51,59)(H,52,60)(H,53,57)(H,54,58)/t41-,42-,43+,44+/m1/s1. The fraction of sp³-hybridized carbons (Fsp3) is 0.417. The highest BCUT2D eigenvalue weighted by Gasteiger charge is 2.26. The van der Waals surface area contributed by atoms with Crippen molar-refractivity contribution in [3.8, 4) is 11.5 Å². The Hall–Kier alpha value is -5.72. The van der Waals surface area contributed by atoms with Gasteiger partial charge in [-0.2, -0.15) is 0 Å². The zero-order valence-corrected chi connectivity index (χ0v) is 34.7. The summed E-state index contributed by atoms with van der Waals surface area (Å²) in [5.74, 6) is -1.04. The fourth-order valence-corrected chi connectivity index (χ4v) is 6.97. The Morgan fingerprint density at radius 2 is 0.700 bits per heavy atom. The maximum atomic E-state index is 13.2. The Bertz CT molecular complexity index is 1720. The molecule has 0 aliphatic rings.